The van der Waals surface area contributed by atoms with Crippen LogP contribution in [-0.2, 0) is 22.0 Å². The van der Waals surface area contributed by atoms with Crippen molar-refractivity contribution in [1.29, 1.82) is 0 Å². The van der Waals surface area contributed by atoms with Gasteiger partial charge in [-0.25, -0.2) is 13.2 Å². The molecule has 1 aromatic heterocycles. The van der Waals surface area contributed by atoms with Gasteiger partial charge in [-0.3, -0.25) is 0 Å². The van der Waals surface area contributed by atoms with Crippen LogP contribution in [0.3, 0.4) is 0 Å². The molecular weight excluding hydrogens is 361 g/mol. The first-order chi connectivity index (χ1) is 11.3. The highest BCUT2D eigenvalue weighted by Gasteiger charge is 2.45. The summed E-state index contributed by atoms with van der Waals surface area (Å²) in [6, 6.07) is 4.42. The molecule has 1 aromatic carbocycles. The molecule has 0 aliphatic carbocycles. The second-order valence-electron chi connectivity index (χ2n) is 6.35. The van der Waals surface area contributed by atoms with Gasteiger partial charge in [0.1, 0.15) is 0 Å². The van der Waals surface area contributed by atoms with Gasteiger partial charge in [-0.05, 0) is 31.4 Å². The van der Waals surface area contributed by atoms with E-state index in [4.69, 9.17) is 5.11 Å². The molecule has 1 amide bonds. The molecular formula is C15H17F3N2O4S. The van der Waals surface area contributed by atoms with E-state index < -0.39 is 32.7 Å². The predicted molar refractivity (Wildman–Crippen MR) is 85.9 cm³/mol. The van der Waals surface area contributed by atoms with Crippen LogP contribution in [0.2, 0.25) is 0 Å². The number of nitrogens with one attached hydrogen (secondary N) is 2. The van der Waals surface area contributed by atoms with Gasteiger partial charge in [0.2, 0.25) is 0 Å². The summed E-state index contributed by atoms with van der Waals surface area (Å²) in [6.45, 7) is 3.33. The molecule has 6 nitrogen and oxygen atoms in total. The van der Waals surface area contributed by atoms with E-state index in [1.54, 1.807) is 26.1 Å². The number of carboxylic acid groups (broad SMARTS) is 1. The Bertz CT molecular complexity index is 901. The van der Waals surface area contributed by atoms with Gasteiger partial charge in [0.25, 0.3) is 9.84 Å². The summed E-state index contributed by atoms with van der Waals surface area (Å²) < 4.78 is 60.6. The minimum absolute atomic E-state index is 0.00470. The van der Waals surface area contributed by atoms with Crippen molar-refractivity contribution in [2.75, 3.05) is 0 Å². The predicted octanol–water partition coefficient (Wildman–Crippen LogP) is 3.19. The SMILES string of the molecule is CC(C)(Cc1c[nH]c2c(CS(=O)(=O)C(F)(F)F)cccc12)NC(=O)O. The standard InChI is InChI=1S/C15H17F3N2O4S/c1-14(2,20-13(21)22)6-10-7-19-12-9(4-3-5-11(10)12)8-25(23,24)15(16,17)18/h3-5,7,19-20H,6,8H2,1-2H3,(H,21,22). The van der Waals surface area contributed by atoms with Crippen molar-refractivity contribution >= 4 is 26.8 Å². The Kier molecular flexibility index (Phi) is 4.77. The Balaban J connectivity index is 2.39. The first-order valence-corrected chi connectivity index (χ1v) is 8.86. The molecule has 2 aromatic rings. The van der Waals surface area contributed by atoms with Crippen LogP contribution in [0.25, 0.3) is 10.9 Å². The lowest BCUT2D eigenvalue weighted by Crippen LogP contribution is -2.44. The van der Waals surface area contributed by atoms with Crippen LogP contribution in [0.1, 0.15) is 25.0 Å². The largest absolute Gasteiger partial charge is 0.497 e. The van der Waals surface area contributed by atoms with Gasteiger partial charge >= 0.3 is 11.6 Å². The van der Waals surface area contributed by atoms with Gasteiger partial charge in [0.15, 0.2) is 0 Å². The molecule has 0 aliphatic rings. The number of para-hydroxylation sites is 1. The van der Waals surface area contributed by atoms with E-state index in [1.807, 2.05) is 0 Å². The van der Waals surface area contributed by atoms with Gasteiger partial charge in [0.05, 0.1) is 5.75 Å². The molecule has 1 heterocycles. The minimum atomic E-state index is -5.32. The summed E-state index contributed by atoms with van der Waals surface area (Å²) in [7, 11) is -5.29. The average Bonchev–Trinajstić information content (AvgIpc) is 2.79. The van der Waals surface area contributed by atoms with Gasteiger partial charge < -0.3 is 15.4 Å². The number of halogens is 3. The summed E-state index contributed by atoms with van der Waals surface area (Å²) in [6.07, 6.45) is 0.621. The quantitative estimate of drug-likeness (QED) is 0.744. The lowest BCUT2D eigenvalue weighted by molar-refractivity contribution is -0.0437. The number of hydrogen-bond donors (Lipinski definition) is 3. The van der Waals surface area contributed by atoms with E-state index in [1.165, 1.54) is 12.1 Å². The molecule has 0 unspecified atom stereocenters. The summed E-state index contributed by atoms with van der Waals surface area (Å²) in [5.74, 6) is -1.16. The van der Waals surface area contributed by atoms with Crippen molar-refractivity contribution < 1.29 is 31.5 Å². The molecule has 0 spiro atoms. The maximum absolute atomic E-state index is 12.6. The number of carbonyl (C=O) groups is 1. The molecule has 0 atom stereocenters. The summed E-state index contributed by atoms with van der Waals surface area (Å²) in [5.41, 5.74) is -5.17. The topological polar surface area (TPSA) is 99.3 Å². The monoisotopic (exact) mass is 378 g/mol. The van der Waals surface area contributed by atoms with E-state index in [0.717, 1.165) is 0 Å². The number of fused-ring (bicyclic) bond motifs is 1. The number of aromatic nitrogens is 1. The number of hydrogen-bond acceptors (Lipinski definition) is 3. The molecule has 2 rings (SSSR count). The van der Waals surface area contributed by atoms with Crippen LogP contribution in [0.15, 0.2) is 24.4 Å². The second-order valence-corrected chi connectivity index (χ2v) is 8.33. The van der Waals surface area contributed by atoms with Crippen molar-refractivity contribution in [2.45, 2.75) is 37.1 Å². The second kappa shape index (κ2) is 6.25. The van der Waals surface area contributed by atoms with Crippen LogP contribution in [-0.4, -0.2) is 35.6 Å². The summed E-state index contributed by atoms with van der Waals surface area (Å²) in [5, 5.41) is 11.8. The zero-order valence-corrected chi connectivity index (χ0v) is 14.3. The van der Waals surface area contributed by atoms with Gasteiger partial charge in [-0.2, -0.15) is 13.2 Å². The Morgan fingerprint density at radius 2 is 1.88 bits per heavy atom. The molecule has 0 radical (unpaired) electrons. The molecule has 3 N–H and O–H groups in total. The number of benzene rings is 1. The van der Waals surface area contributed by atoms with E-state index >= 15 is 0 Å². The molecule has 0 saturated heterocycles. The molecule has 0 aliphatic heterocycles. The van der Waals surface area contributed by atoms with E-state index in [9.17, 15) is 26.4 Å². The normalized spacial score (nSPS) is 13.2. The van der Waals surface area contributed by atoms with E-state index in [2.05, 4.69) is 10.3 Å². The lowest BCUT2D eigenvalue weighted by Gasteiger charge is -2.24. The first-order valence-electron chi connectivity index (χ1n) is 7.20. The fourth-order valence-corrected chi connectivity index (χ4v) is 3.45. The van der Waals surface area contributed by atoms with Gasteiger partial charge in [-0.1, -0.05) is 18.2 Å². The molecule has 0 saturated carbocycles. The number of rotatable bonds is 5. The number of sulfone groups is 1. The maximum Gasteiger partial charge on any atom is 0.497 e. The molecule has 10 heteroatoms. The fourth-order valence-electron chi connectivity index (χ4n) is 2.64. The third-order valence-corrected chi connectivity index (χ3v) is 5.06. The maximum atomic E-state index is 12.6. The minimum Gasteiger partial charge on any atom is -0.465 e. The molecule has 0 fully saturated rings. The average molecular weight is 378 g/mol. The van der Waals surface area contributed by atoms with Crippen LogP contribution >= 0.6 is 0 Å². The fraction of sp³-hybridized carbons (Fsp3) is 0.400. The third-order valence-electron chi connectivity index (χ3n) is 3.66. The highest BCUT2D eigenvalue weighted by molar-refractivity contribution is 7.91. The van der Waals surface area contributed by atoms with Crippen molar-refractivity contribution in [3.8, 4) is 0 Å². The van der Waals surface area contributed by atoms with Gasteiger partial charge in [0, 0.05) is 22.6 Å². The summed E-state index contributed by atoms with van der Waals surface area (Å²) in [4.78, 5) is 13.6. The zero-order valence-electron chi connectivity index (χ0n) is 13.4. The Morgan fingerprint density at radius 1 is 1.24 bits per heavy atom. The van der Waals surface area contributed by atoms with Crippen molar-refractivity contribution in [3.05, 3.63) is 35.5 Å². The van der Waals surface area contributed by atoms with Crippen molar-refractivity contribution in [1.82, 2.24) is 10.3 Å². The highest BCUT2D eigenvalue weighted by atomic mass is 32.2. The van der Waals surface area contributed by atoms with E-state index in [-0.39, 0.29) is 17.5 Å². The lowest BCUT2D eigenvalue weighted by atomic mass is 9.94. The number of aromatic amines is 1. The number of H-pyrrole nitrogens is 1. The van der Waals surface area contributed by atoms with Crippen molar-refractivity contribution in [2.24, 2.45) is 0 Å². The van der Waals surface area contributed by atoms with Crippen molar-refractivity contribution in [3.63, 3.8) is 0 Å². The third kappa shape index (κ3) is 4.25. The van der Waals surface area contributed by atoms with Crippen LogP contribution < -0.4 is 5.32 Å². The Labute approximate surface area is 142 Å². The van der Waals surface area contributed by atoms with Crippen LogP contribution in [0.4, 0.5) is 18.0 Å². The van der Waals surface area contributed by atoms with Gasteiger partial charge in [-0.15, -0.1) is 0 Å². The van der Waals surface area contributed by atoms with Crippen LogP contribution in [0, 0.1) is 0 Å². The van der Waals surface area contributed by atoms with E-state index in [0.29, 0.717) is 10.9 Å². The highest BCUT2D eigenvalue weighted by Crippen LogP contribution is 2.30. The molecule has 138 valence electrons. The smallest absolute Gasteiger partial charge is 0.465 e. The number of amides is 1. The Morgan fingerprint density at radius 3 is 2.44 bits per heavy atom. The number of alkyl halides is 3. The zero-order chi connectivity index (χ0) is 19.0. The first kappa shape index (κ1) is 19.1. The molecule has 25 heavy (non-hydrogen) atoms. The molecule has 0 bridgehead atoms. The van der Waals surface area contributed by atoms with Crippen LogP contribution in [0.5, 0.6) is 0 Å². The Hall–Kier alpha value is -2.23. The summed E-state index contributed by atoms with van der Waals surface area (Å²) >= 11 is 0.